The Bertz CT molecular complexity index is 295. The first-order valence-corrected chi connectivity index (χ1v) is 5.00. The number of aliphatic hydroxyl groups excluding tert-OH is 5. The molecule has 0 amide bonds. The van der Waals surface area contributed by atoms with E-state index in [0.717, 1.165) is 6.92 Å². The van der Waals surface area contributed by atoms with Gasteiger partial charge in [-0.2, -0.15) is 0 Å². The molecule has 1 rings (SSSR count). The van der Waals surface area contributed by atoms with Crippen LogP contribution in [0.3, 0.4) is 0 Å². The second-order valence-corrected chi connectivity index (χ2v) is 4.17. The Balaban J connectivity index is 3.02. The zero-order valence-corrected chi connectivity index (χ0v) is 9.09. The summed E-state index contributed by atoms with van der Waals surface area (Å²) in [6.45, 7) is 0.229. The van der Waals surface area contributed by atoms with Crippen molar-refractivity contribution in [2.24, 2.45) is 0 Å². The van der Waals surface area contributed by atoms with Crippen molar-refractivity contribution < 1.29 is 40.2 Å². The van der Waals surface area contributed by atoms with Crippen LogP contribution in [0.25, 0.3) is 0 Å². The first-order chi connectivity index (χ1) is 7.75. The van der Waals surface area contributed by atoms with Crippen LogP contribution in [0.15, 0.2) is 0 Å². The Kier molecular flexibility index (Phi) is 4.07. The number of aliphatic hydroxyl groups is 5. The van der Waals surface area contributed by atoms with Gasteiger partial charge in [0.2, 0.25) is 0 Å². The Labute approximate surface area is 96.7 Å². The highest BCUT2D eigenvalue weighted by molar-refractivity contribution is 5.78. The average Bonchev–Trinajstić information content (AvgIpc) is 2.30. The van der Waals surface area contributed by atoms with Crippen molar-refractivity contribution in [1.82, 2.24) is 0 Å². The minimum Gasteiger partial charge on any atom is -0.479 e. The van der Waals surface area contributed by atoms with Gasteiger partial charge in [-0.1, -0.05) is 0 Å². The van der Waals surface area contributed by atoms with Gasteiger partial charge in [0, 0.05) is 0 Å². The number of carboxylic acids is 1. The molecule has 1 fully saturated rings. The Morgan fingerprint density at radius 2 is 1.88 bits per heavy atom. The van der Waals surface area contributed by atoms with E-state index in [0.29, 0.717) is 0 Å². The van der Waals surface area contributed by atoms with Gasteiger partial charge in [-0.3, -0.25) is 0 Å². The van der Waals surface area contributed by atoms with E-state index in [1.54, 1.807) is 0 Å². The van der Waals surface area contributed by atoms with E-state index in [1.165, 1.54) is 0 Å². The zero-order valence-electron chi connectivity index (χ0n) is 9.09. The van der Waals surface area contributed by atoms with Crippen molar-refractivity contribution in [2.45, 2.75) is 43.0 Å². The van der Waals surface area contributed by atoms with Gasteiger partial charge in [0.15, 0.2) is 5.60 Å². The molecule has 1 saturated heterocycles. The smallest absolute Gasteiger partial charge is 0.338 e. The van der Waals surface area contributed by atoms with E-state index in [9.17, 15) is 25.2 Å². The molecule has 4 unspecified atom stereocenters. The van der Waals surface area contributed by atoms with Gasteiger partial charge in [0.05, 0.1) is 6.61 Å². The van der Waals surface area contributed by atoms with Crippen LogP contribution < -0.4 is 0 Å². The lowest BCUT2D eigenvalue weighted by molar-refractivity contribution is -0.279. The maximum absolute atomic E-state index is 11.0. The van der Waals surface area contributed by atoms with Crippen molar-refractivity contribution in [2.75, 3.05) is 6.61 Å². The lowest BCUT2D eigenvalue weighted by atomic mass is 9.84. The summed E-state index contributed by atoms with van der Waals surface area (Å²) in [4.78, 5) is 11.0. The van der Waals surface area contributed by atoms with E-state index in [2.05, 4.69) is 0 Å². The summed E-state index contributed by atoms with van der Waals surface area (Å²) in [7, 11) is 0. The maximum atomic E-state index is 11.0. The number of hydrogen-bond donors (Lipinski definition) is 6. The van der Waals surface area contributed by atoms with Crippen molar-refractivity contribution in [3.05, 3.63) is 0 Å². The molecule has 0 aromatic heterocycles. The van der Waals surface area contributed by atoms with Crippen molar-refractivity contribution >= 4 is 5.97 Å². The second kappa shape index (κ2) is 4.84. The average molecular weight is 252 g/mol. The van der Waals surface area contributed by atoms with E-state index >= 15 is 0 Å². The lowest BCUT2D eigenvalue weighted by Gasteiger charge is -2.45. The second-order valence-electron chi connectivity index (χ2n) is 4.17. The summed E-state index contributed by atoms with van der Waals surface area (Å²) in [6, 6.07) is 0. The van der Waals surface area contributed by atoms with Crippen LogP contribution in [0.2, 0.25) is 0 Å². The van der Waals surface area contributed by atoms with E-state index in [4.69, 9.17) is 14.9 Å². The van der Waals surface area contributed by atoms with Crippen LogP contribution >= 0.6 is 0 Å². The molecule has 0 saturated carbocycles. The molecule has 1 aliphatic rings. The summed E-state index contributed by atoms with van der Waals surface area (Å²) in [5.41, 5.74) is -2.17. The molecular formula is C9H16O8. The number of rotatable bonds is 3. The molecule has 6 atom stereocenters. The number of carboxylic acid groups (broad SMARTS) is 1. The van der Waals surface area contributed by atoms with Gasteiger partial charge < -0.3 is 35.4 Å². The summed E-state index contributed by atoms with van der Waals surface area (Å²) in [5, 5.41) is 55.6. The third-order valence-corrected chi connectivity index (χ3v) is 2.95. The van der Waals surface area contributed by atoms with Crippen LogP contribution in [0.5, 0.6) is 0 Å². The van der Waals surface area contributed by atoms with Crippen LogP contribution in [0, 0.1) is 0 Å². The Morgan fingerprint density at radius 1 is 1.35 bits per heavy atom. The Hall–Kier alpha value is -0.770. The molecule has 0 aromatic carbocycles. The van der Waals surface area contributed by atoms with Gasteiger partial charge >= 0.3 is 5.97 Å². The fourth-order valence-electron chi connectivity index (χ4n) is 1.72. The summed E-state index contributed by atoms with van der Waals surface area (Å²) in [6.07, 6.45) is -8.40. The van der Waals surface area contributed by atoms with Gasteiger partial charge in [0.1, 0.15) is 30.5 Å². The molecule has 100 valence electrons. The van der Waals surface area contributed by atoms with E-state index < -0.39 is 48.7 Å². The van der Waals surface area contributed by atoms with Crippen LogP contribution in [0.4, 0.5) is 0 Å². The lowest BCUT2D eigenvalue weighted by Crippen LogP contribution is -2.68. The van der Waals surface area contributed by atoms with Crippen molar-refractivity contribution in [1.29, 1.82) is 0 Å². The molecule has 1 aliphatic heterocycles. The highest BCUT2D eigenvalue weighted by Crippen LogP contribution is 2.31. The number of hydrogen-bond acceptors (Lipinski definition) is 7. The molecule has 0 aromatic rings. The highest BCUT2D eigenvalue weighted by Gasteiger charge is 2.56. The third kappa shape index (κ3) is 2.28. The fourth-order valence-corrected chi connectivity index (χ4v) is 1.72. The number of ether oxygens (including phenoxy) is 1. The number of carbonyl (C=O) groups is 1. The van der Waals surface area contributed by atoms with Gasteiger partial charge in [-0.05, 0) is 6.92 Å². The third-order valence-electron chi connectivity index (χ3n) is 2.95. The standard InChI is InChI=1S/C9H16O8/c1-9(8(15)16)7(14)5(13)4(12)6(17-9)3(11)2-10/h3-7,10-14H,2H2,1H3,(H,15,16)/t3-,4?,5?,6?,7+,9?/m1/s1. The van der Waals surface area contributed by atoms with Crippen LogP contribution in [-0.4, -0.2) is 79.3 Å². The van der Waals surface area contributed by atoms with Crippen LogP contribution in [-0.2, 0) is 9.53 Å². The van der Waals surface area contributed by atoms with Gasteiger partial charge in [-0.15, -0.1) is 0 Å². The molecule has 8 nitrogen and oxygen atoms in total. The first kappa shape index (κ1) is 14.3. The molecule has 0 radical (unpaired) electrons. The van der Waals surface area contributed by atoms with Crippen molar-refractivity contribution in [3.8, 4) is 0 Å². The zero-order chi connectivity index (χ0) is 13.4. The molecule has 0 bridgehead atoms. The predicted molar refractivity (Wildman–Crippen MR) is 52.0 cm³/mol. The quantitative estimate of drug-likeness (QED) is 0.305. The maximum Gasteiger partial charge on any atom is 0.338 e. The number of aliphatic carboxylic acids is 1. The van der Waals surface area contributed by atoms with E-state index in [1.807, 2.05) is 0 Å². The molecule has 17 heavy (non-hydrogen) atoms. The first-order valence-electron chi connectivity index (χ1n) is 5.00. The fraction of sp³-hybridized carbons (Fsp3) is 0.889. The summed E-state index contributed by atoms with van der Waals surface area (Å²) >= 11 is 0. The molecule has 1 heterocycles. The molecule has 8 heteroatoms. The molecular weight excluding hydrogens is 236 g/mol. The SMILES string of the molecule is CC1(C(=O)O)OC([C@H](O)CO)C(O)C(O)[C@@H]1O. The topological polar surface area (TPSA) is 148 Å². The molecule has 0 spiro atoms. The minimum absolute atomic E-state index is 0.778. The van der Waals surface area contributed by atoms with Gasteiger partial charge in [-0.25, -0.2) is 4.79 Å². The molecule has 0 aliphatic carbocycles. The van der Waals surface area contributed by atoms with Crippen molar-refractivity contribution in [3.63, 3.8) is 0 Å². The normalized spacial score (nSPS) is 44.4. The van der Waals surface area contributed by atoms with Gasteiger partial charge in [0.25, 0.3) is 0 Å². The largest absolute Gasteiger partial charge is 0.479 e. The Morgan fingerprint density at radius 3 is 2.29 bits per heavy atom. The minimum atomic E-state index is -2.17. The highest BCUT2D eigenvalue weighted by atomic mass is 16.6. The van der Waals surface area contributed by atoms with Crippen LogP contribution in [0.1, 0.15) is 6.92 Å². The monoisotopic (exact) mass is 252 g/mol. The van der Waals surface area contributed by atoms with E-state index in [-0.39, 0.29) is 0 Å². The predicted octanol–water partition coefficient (Wildman–Crippen LogP) is -3.34. The summed E-state index contributed by atoms with van der Waals surface area (Å²) in [5.74, 6) is -1.55. The molecule has 6 N–H and O–H groups in total. The summed E-state index contributed by atoms with van der Waals surface area (Å²) < 4.78 is 4.91.